The van der Waals surface area contributed by atoms with Crippen LogP contribution >= 0.6 is 29.4 Å². The van der Waals surface area contributed by atoms with Crippen molar-refractivity contribution < 1.29 is 41.9 Å². The fraction of sp³-hybridized carbons (Fsp3) is 0.750. The van der Waals surface area contributed by atoms with Gasteiger partial charge in [-0.3, -0.25) is 18.4 Å². The van der Waals surface area contributed by atoms with E-state index in [4.69, 9.17) is 32.5 Å². The summed E-state index contributed by atoms with van der Waals surface area (Å²) in [5.41, 5.74) is 0.431. The number of methoxy groups -OCH3 is 1. The van der Waals surface area contributed by atoms with Crippen LogP contribution in [0.1, 0.15) is 53.0 Å². The molecule has 13 heteroatoms. The number of amides is 1. The summed E-state index contributed by atoms with van der Waals surface area (Å²) < 4.78 is 49.8. The van der Waals surface area contributed by atoms with Gasteiger partial charge in [0.25, 0.3) is 0 Å². The Morgan fingerprint density at radius 1 is 0.878 bits per heavy atom. The van der Waals surface area contributed by atoms with E-state index >= 15 is 0 Å². The summed E-state index contributed by atoms with van der Waals surface area (Å²) in [6.07, 6.45) is 1.72. The Bertz CT molecular complexity index is 900. The smallest absolute Gasteiger partial charge is 0.382 e. The zero-order chi connectivity index (χ0) is 30.6. The molecule has 238 valence electrons. The Kier molecular flexibility index (Phi) is 19.8. The van der Waals surface area contributed by atoms with Crippen molar-refractivity contribution in [3.63, 3.8) is 0 Å². The van der Waals surface area contributed by atoms with Crippen molar-refractivity contribution in [2.24, 2.45) is 0 Å². The number of hydrogen-bond acceptors (Lipinski definition) is 11. The Hall–Kier alpha value is -0.660. The first-order chi connectivity index (χ1) is 19.4. The summed E-state index contributed by atoms with van der Waals surface area (Å²) in [6, 6.07) is 8.05. The zero-order valence-corrected chi connectivity index (χ0v) is 28.3. The number of ether oxygens (including phenoxy) is 4. The number of benzene rings is 1. The van der Waals surface area contributed by atoms with Crippen molar-refractivity contribution in [2.45, 2.75) is 69.1 Å². The van der Waals surface area contributed by atoms with Crippen LogP contribution in [-0.2, 0) is 48.3 Å². The maximum atomic E-state index is 12.7. The molecule has 1 amide bonds. The molecular formula is C28H50NO9PS2. The van der Waals surface area contributed by atoms with Gasteiger partial charge in [-0.2, -0.15) is 0 Å². The highest BCUT2D eigenvalue weighted by Crippen LogP contribution is 2.52. The average Bonchev–Trinajstić information content (AvgIpc) is 2.91. The molecule has 1 N–H and O–H groups in total. The first kappa shape index (κ1) is 38.4. The molecular weight excluding hydrogens is 589 g/mol. The van der Waals surface area contributed by atoms with Crippen molar-refractivity contribution >= 4 is 35.3 Å². The Labute approximate surface area is 254 Å². The van der Waals surface area contributed by atoms with Crippen LogP contribution in [0.5, 0.6) is 0 Å². The molecule has 0 aliphatic carbocycles. The van der Waals surface area contributed by atoms with E-state index in [1.807, 2.05) is 18.2 Å². The van der Waals surface area contributed by atoms with Gasteiger partial charge >= 0.3 is 7.82 Å². The van der Waals surface area contributed by atoms with Crippen LogP contribution in [0.2, 0.25) is 0 Å². The van der Waals surface area contributed by atoms with Gasteiger partial charge in [0.1, 0.15) is 0 Å². The number of phosphoric acid groups is 1. The van der Waals surface area contributed by atoms with E-state index < -0.39 is 13.4 Å². The van der Waals surface area contributed by atoms with Gasteiger partial charge in [-0.1, -0.05) is 39.8 Å². The van der Waals surface area contributed by atoms with Gasteiger partial charge in [-0.25, -0.2) is 4.57 Å². The fourth-order valence-corrected chi connectivity index (χ4v) is 6.97. The van der Waals surface area contributed by atoms with Crippen LogP contribution in [0.4, 0.5) is 0 Å². The highest BCUT2D eigenvalue weighted by atomic mass is 33.1. The van der Waals surface area contributed by atoms with E-state index in [-0.39, 0.29) is 17.3 Å². The van der Waals surface area contributed by atoms with Crippen LogP contribution in [0.3, 0.4) is 0 Å². The van der Waals surface area contributed by atoms with E-state index in [0.717, 1.165) is 16.9 Å². The molecule has 0 bridgehead atoms. The Morgan fingerprint density at radius 3 is 2.10 bits per heavy atom. The van der Waals surface area contributed by atoms with Crippen molar-refractivity contribution in [1.82, 2.24) is 5.32 Å². The number of phosphoric ester groups is 1. The molecule has 0 aliphatic heterocycles. The minimum atomic E-state index is -3.63. The molecule has 0 spiro atoms. The summed E-state index contributed by atoms with van der Waals surface area (Å²) >= 11 is 0. The first-order valence-electron chi connectivity index (χ1n) is 13.8. The third-order valence-electron chi connectivity index (χ3n) is 5.26. The Balaban J connectivity index is 2.28. The molecule has 0 fully saturated rings. The fourth-order valence-electron chi connectivity index (χ4n) is 3.16. The first-order valence-corrected chi connectivity index (χ1v) is 17.4. The van der Waals surface area contributed by atoms with Gasteiger partial charge in [0.15, 0.2) is 0 Å². The summed E-state index contributed by atoms with van der Waals surface area (Å²) in [5.74, 6) is 0.00864. The van der Waals surface area contributed by atoms with Gasteiger partial charge in [-0.15, -0.1) is 0 Å². The molecule has 1 rings (SSSR count). The summed E-state index contributed by atoms with van der Waals surface area (Å²) in [5, 5.41) is 2.91. The second-order valence-corrected chi connectivity index (χ2v) is 15.2. The largest absolute Gasteiger partial charge is 0.475 e. The van der Waals surface area contributed by atoms with Gasteiger partial charge in [0.05, 0.1) is 58.5 Å². The van der Waals surface area contributed by atoms with Crippen LogP contribution in [0.25, 0.3) is 0 Å². The van der Waals surface area contributed by atoms with Gasteiger partial charge in [0, 0.05) is 36.8 Å². The summed E-state index contributed by atoms with van der Waals surface area (Å²) in [7, 11) is 2.73. The standard InChI is InChI=1S/C28H50NO9PS2/c1-27(2,3)38-39(31,33-7)37-16-13-24-10-8-9-11-25(24)40-41-28(4,5)14-12-26(30)29-15-17-34-20-21-36-23-22-35-19-18-32-6/h8-11H,12-23H2,1-7H3,(H,29,30). The zero-order valence-electron chi connectivity index (χ0n) is 25.7. The maximum absolute atomic E-state index is 12.7. The molecule has 1 atom stereocenters. The van der Waals surface area contributed by atoms with Gasteiger partial charge < -0.3 is 24.3 Å². The van der Waals surface area contributed by atoms with E-state index in [1.165, 1.54) is 7.11 Å². The average molecular weight is 640 g/mol. The maximum Gasteiger partial charge on any atom is 0.475 e. The molecule has 0 aromatic heterocycles. The van der Waals surface area contributed by atoms with Crippen LogP contribution in [0.15, 0.2) is 29.2 Å². The van der Waals surface area contributed by atoms with Gasteiger partial charge in [0.2, 0.25) is 5.91 Å². The number of nitrogens with one attached hydrogen (secondary N) is 1. The molecule has 0 saturated heterocycles. The highest BCUT2D eigenvalue weighted by molar-refractivity contribution is 8.77. The second-order valence-electron chi connectivity index (χ2n) is 10.6. The second kappa shape index (κ2) is 21.1. The van der Waals surface area contributed by atoms with Crippen LogP contribution in [-0.4, -0.2) is 89.9 Å². The minimum Gasteiger partial charge on any atom is -0.382 e. The molecule has 0 aliphatic rings. The lowest BCUT2D eigenvalue weighted by atomic mass is 10.1. The third-order valence-corrected chi connectivity index (χ3v) is 10.4. The van der Waals surface area contributed by atoms with E-state index in [1.54, 1.807) is 49.5 Å². The molecule has 0 saturated carbocycles. The lowest BCUT2D eigenvalue weighted by molar-refractivity contribution is -0.121. The number of hydrogen-bond donors (Lipinski definition) is 1. The number of carbonyl (C=O) groups excluding carboxylic acids is 1. The van der Waals surface area contributed by atoms with Crippen molar-refractivity contribution in [1.29, 1.82) is 0 Å². The molecule has 41 heavy (non-hydrogen) atoms. The predicted molar refractivity (Wildman–Crippen MR) is 166 cm³/mol. The minimum absolute atomic E-state index is 0.00864. The molecule has 0 radical (unpaired) electrons. The van der Waals surface area contributed by atoms with Crippen molar-refractivity contribution in [2.75, 3.05) is 73.6 Å². The predicted octanol–water partition coefficient (Wildman–Crippen LogP) is 5.93. The topological polar surface area (TPSA) is 111 Å². The Morgan fingerprint density at radius 2 is 1.49 bits per heavy atom. The number of rotatable bonds is 24. The monoisotopic (exact) mass is 639 g/mol. The van der Waals surface area contributed by atoms with Crippen molar-refractivity contribution in [3.8, 4) is 0 Å². The normalized spacial score (nSPS) is 13.7. The molecule has 1 aromatic carbocycles. The van der Waals surface area contributed by atoms with Crippen LogP contribution in [0, 0.1) is 0 Å². The SMILES string of the molecule is COCCOCCOCCOCCNC(=O)CCC(C)(C)SSc1ccccc1CCOP(=O)(OC)OC(C)(C)C. The molecule has 1 aromatic rings. The highest BCUT2D eigenvalue weighted by Gasteiger charge is 2.31. The quantitative estimate of drug-likeness (QED) is 0.0826. The lowest BCUT2D eigenvalue weighted by Crippen LogP contribution is -2.29. The number of carbonyl (C=O) groups is 1. The molecule has 10 nitrogen and oxygen atoms in total. The van der Waals surface area contributed by atoms with Gasteiger partial charge in [-0.05, 0) is 59.1 Å². The van der Waals surface area contributed by atoms with E-state index in [9.17, 15) is 9.36 Å². The van der Waals surface area contributed by atoms with Crippen molar-refractivity contribution in [3.05, 3.63) is 29.8 Å². The molecule has 0 heterocycles. The van der Waals surface area contributed by atoms with E-state index in [2.05, 4.69) is 25.2 Å². The van der Waals surface area contributed by atoms with Crippen LogP contribution < -0.4 is 5.32 Å². The lowest BCUT2D eigenvalue weighted by Gasteiger charge is -2.25. The summed E-state index contributed by atoms with van der Waals surface area (Å²) in [6.45, 7) is 13.9. The third kappa shape index (κ3) is 20.0. The molecule has 1 unspecified atom stereocenters. The van der Waals surface area contributed by atoms with E-state index in [0.29, 0.717) is 65.6 Å². The summed E-state index contributed by atoms with van der Waals surface area (Å²) in [4.78, 5) is 13.4.